The number of nitrogens with zero attached hydrogens (tertiary/aromatic N) is 4. The van der Waals surface area contributed by atoms with Gasteiger partial charge in [0.05, 0.1) is 31.8 Å². The van der Waals surface area contributed by atoms with Crippen LogP contribution in [0.15, 0.2) is 60.9 Å². The minimum absolute atomic E-state index is 0.0113. The molecule has 3 aromatic rings. The van der Waals surface area contributed by atoms with E-state index in [1.165, 1.54) is 0 Å². The summed E-state index contributed by atoms with van der Waals surface area (Å²) in [6, 6.07) is 15.3. The van der Waals surface area contributed by atoms with Gasteiger partial charge < -0.3 is 14.5 Å². The SMILES string of the molecule is COc1cccc(CN2C(=O)N(c3ccc(-c4cn[nH]c4)cc3)CC23CCN(CCC(F)(F)F)CC3)c1. The lowest BCUT2D eigenvalue weighted by Gasteiger charge is -2.44. The summed E-state index contributed by atoms with van der Waals surface area (Å²) in [4.78, 5) is 19.4. The van der Waals surface area contributed by atoms with Crippen molar-refractivity contribution in [3.63, 3.8) is 0 Å². The molecule has 0 atom stereocenters. The number of amides is 2. The average molecular weight is 514 g/mol. The zero-order chi connectivity index (χ0) is 26.0. The number of hydrogen-bond acceptors (Lipinski definition) is 4. The predicted octanol–water partition coefficient (Wildman–Crippen LogP) is 5.31. The van der Waals surface area contributed by atoms with E-state index in [4.69, 9.17) is 4.74 Å². The Bertz CT molecular complexity index is 1210. The van der Waals surface area contributed by atoms with Crippen molar-refractivity contribution in [2.24, 2.45) is 0 Å². The van der Waals surface area contributed by atoms with E-state index in [0.29, 0.717) is 44.8 Å². The Labute approximate surface area is 213 Å². The number of alkyl halides is 3. The van der Waals surface area contributed by atoms with Gasteiger partial charge in [0.1, 0.15) is 5.75 Å². The second-order valence-electron chi connectivity index (χ2n) is 9.77. The number of H-pyrrole nitrogens is 1. The molecule has 0 bridgehead atoms. The van der Waals surface area contributed by atoms with Gasteiger partial charge >= 0.3 is 12.2 Å². The van der Waals surface area contributed by atoms with Crippen LogP contribution < -0.4 is 9.64 Å². The number of aromatic amines is 1. The maximum Gasteiger partial charge on any atom is 0.390 e. The number of likely N-dealkylation sites (tertiary alicyclic amines) is 1. The van der Waals surface area contributed by atoms with E-state index in [1.54, 1.807) is 18.2 Å². The van der Waals surface area contributed by atoms with E-state index in [1.807, 2.05) is 64.5 Å². The van der Waals surface area contributed by atoms with Crippen molar-refractivity contribution in [1.82, 2.24) is 20.0 Å². The van der Waals surface area contributed by atoms with E-state index in [0.717, 1.165) is 22.4 Å². The molecular formula is C27H30F3N5O2. The highest BCUT2D eigenvalue weighted by atomic mass is 19.4. The minimum Gasteiger partial charge on any atom is -0.497 e. The number of benzene rings is 2. The molecule has 2 aromatic carbocycles. The Hall–Kier alpha value is -3.53. The molecule has 196 valence electrons. The first-order valence-corrected chi connectivity index (χ1v) is 12.4. The molecule has 0 aliphatic carbocycles. The highest BCUT2D eigenvalue weighted by Crippen LogP contribution is 2.40. The third-order valence-corrected chi connectivity index (χ3v) is 7.47. The molecule has 5 rings (SSSR count). The van der Waals surface area contributed by atoms with Crippen LogP contribution in [0.3, 0.4) is 0 Å². The molecule has 0 radical (unpaired) electrons. The van der Waals surface area contributed by atoms with Crippen molar-refractivity contribution in [2.75, 3.05) is 38.2 Å². The molecule has 2 fully saturated rings. The Morgan fingerprint density at radius 3 is 2.49 bits per heavy atom. The first-order valence-electron chi connectivity index (χ1n) is 12.4. The number of carbonyl (C=O) groups is 1. The number of urea groups is 1. The Kier molecular flexibility index (Phi) is 6.85. The molecule has 10 heteroatoms. The lowest BCUT2D eigenvalue weighted by Crippen LogP contribution is -2.54. The fourth-order valence-electron chi connectivity index (χ4n) is 5.33. The number of halogens is 3. The van der Waals surface area contributed by atoms with Gasteiger partial charge in [0.15, 0.2) is 0 Å². The van der Waals surface area contributed by atoms with Gasteiger partial charge in [-0.1, -0.05) is 24.3 Å². The smallest absolute Gasteiger partial charge is 0.390 e. The molecule has 2 saturated heterocycles. The van der Waals surface area contributed by atoms with Crippen LogP contribution in [-0.2, 0) is 6.54 Å². The van der Waals surface area contributed by atoms with Crippen molar-refractivity contribution in [2.45, 2.75) is 37.5 Å². The van der Waals surface area contributed by atoms with E-state index in [-0.39, 0.29) is 12.6 Å². The predicted molar refractivity (Wildman–Crippen MR) is 134 cm³/mol. The number of aromatic nitrogens is 2. The van der Waals surface area contributed by atoms with Crippen molar-refractivity contribution >= 4 is 11.7 Å². The summed E-state index contributed by atoms with van der Waals surface area (Å²) < 4.78 is 43.7. The van der Waals surface area contributed by atoms with Gasteiger partial charge in [0.25, 0.3) is 0 Å². The summed E-state index contributed by atoms with van der Waals surface area (Å²) in [6.07, 6.45) is -0.201. The molecule has 2 aliphatic heterocycles. The molecule has 3 heterocycles. The van der Waals surface area contributed by atoms with Crippen molar-refractivity contribution in [1.29, 1.82) is 0 Å². The van der Waals surface area contributed by atoms with E-state index >= 15 is 0 Å². The fraction of sp³-hybridized carbons (Fsp3) is 0.407. The van der Waals surface area contributed by atoms with Gasteiger partial charge in [-0.2, -0.15) is 18.3 Å². The minimum atomic E-state index is -4.17. The highest BCUT2D eigenvalue weighted by molar-refractivity contribution is 5.95. The summed E-state index contributed by atoms with van der Waals surface area (Å²) in [5.41, 5.74) is 3.23. The van der Waals surface area contributed by atoms with Crippen LogP contribution in [0.5, 0.6) is 5.75 Å². The summed E-state index contributed by atoms with van der Waals surface area (Å²) in [6.45, 7) is 1.93. The number of hydrogen-bond donors (Lipinski definition) is 1. The van der Waals surface area contributed by atoms with Crippen LogP contribution in [-0.4, -0.2) is 71.0 Å². The number of nitrogens with one attached hydrogen (secondary N) is 1. The molecule has 2 amide bonds. The Morgan fingerprint density at radius 1 is 1.08 bits per heavy atom. The van der Waals surface area contributed by atoms with Crippen LogP contribution in [0, 0.1) is 0 Å². The van der Waals surface area contributed by atoms with Gasteiger partial charge in [-0.15, -0.1) is 0 Å². The number of piperidine rings is 1. The lowest BCUT2D eigenvalue weighted by atomic mass is 9.86. The molecule has 7 nitrogen and oxygen atoms in total. The van der Waals surface area contributed by atoms with Gasteiger partial charge in [-0.05, 0) is 48.2 Å². The zero-order valence-corrected chi connectivity index (χ0v) is 20.7. The first kappa shape index (κ1) is 25.1. The highest BCUT2D eigenvalue weighted by Gasteiger charge is 2.51. The van der Waals surface area contributed by atoms with Crippen LogP contribution in [0.1, 0.15) is 24.8 Å². The second kappa shape index (κ2) is 10.1. The molecule has 0 unspecified atom stereocenters. The molecule has 1 N–H and O–H groups in total. The van der Waals surface area contributed by atoms with Crippen LogP contribution in [0.2, 0.25) is 0 Å². The van der Waals surface area contributed by atoms with E-state index in [2.05, 4.69) is 10.2 Å². The van der Waals surface area contributed by atoms with Crippen molar-refractivity contribution < 1.29 is 22.7 Å². The second-order valence-corrected chi connectivity index (χ2v) is 9.77. The van der Waals surface area contributed by atoms with E-state index in [9.17, 15) is 18.0 Å². The normalized spacial score (nSPS) is 18.1. The van der Waals surface area contributed by atoms with Gasteiger partial charge in [-0.3, -0.25) is 10.00 Å². The maximum absolute atomic E-state index is 13.8. The zero-order valence-electron chi connectivity index (χ0n) is 20.7. The van der Waals surface area contributed by atoms with Crippen molar-refractivity contribution in [3.8, 4) is 16.9 Å². The van der Waals surface area contributed by atoms with Crippen LogP contribution in [0.25, 0.3) is 11.1 Å². The molecular weight excluding hydrogens is 483 g/mol. The quantitative estimate of drug-likeness (QED) is 0.465. The lowest BCUT2D eigenvalue weighted by molar-refractivity contribution is -0.139. The monoisotopic (exact) mass is 513 g/mol. The average Bonchev–Trinajstić information content (AvgIpc) is 3.52. The third-order valence-electron chi connectivity index (χ3n) is 7.47. The molecule has 2 aliphatic rings. The summed E-state index contributed by atoms with van der Waals surface area (Å²) >= 11 is 0. The van der Waals surface area contributed by atoms with Crippen molar-refractivity contribution in [3.05, 3.63) is 66.5 Å². The largest absolute Gasteiger partial charge is 0.497 e. The number of ether oxygens (including phenoxy) is 1. The molecule has 1 spiro atoms. The maximum atomic E-state index is 13.8. The summed E-state index contributed by atoms with van der Waals surface area (Å²) in [7, 11) is 1.60. The summed E-state index contributed by atoms with van der Waals surface area (Å²) in [5, 5.41) is 6.80. The molecule has 37 heavy (non-hydrogen) atoms. The van der Waals surface area contributed by atoms with Gasteiger partial charge in [-0.25, -0.2) is 4.79 Å². The standard InChI is InChI=1S/C27H30F3N5O2/c1-37-24-4-2-3-20(15-24)18-35-25(36)34(23-7-5-21(6-8-23)22-16-31-32-17-22)19-26(35)9-12-33(13-10-26)14-11-27(28,29)30/h2-8,15-17H,9-14,18-19H2,1H3,(H,31,32). The summed E-state index contributed by atoms with van der Waals surface area (Å²) in [5.74, 6) is 0.715. The third kappa shape index (κ3) is 5.44. The Balaban J connectivity index is 1.38. The molecule has 0 saturated carbocycles. The van der Waals surface area contributed by atoms with Gasteiger partial charge in [0.2, 0.25) is 0 Å². The number of rotatable bonds is 7. The molecule has 1 aromatic heterocycles. The number of carbonyl (C=O) groups excluding carboxylic acids is 1. The Morgan fingerprint density at radius 2 is 1.84 bits per heavy atom. The number of methoxy groups -OCH3 is 1. The van der Waals surface area contributed by atoms with Gasteiger partial charge in [0, 0.05) is 43.6 Å². The first-order chi connectivity index (χ1) is 17.8. The number of anilines is 1. The van der Waals surface area contributed by atoms with Crippen LogP contribution >= 0.6 is 0 Å². The van der Waals surface area contributed by atoms with Crippen LogP contribution in [0.4, 0.5) is 23.7 Å². The fourth-order valence-corrected chi connectivity index (χ4v) is 5.33. The van der Waals surface area contributed by atoms with E-state index < -0.39 is 18.1 Å². The topological polar surface area (TPSA) is 64.7 Å².